The number of benzene rings is 1. The quantitative estimate of drug-likeness (QED) is 0.868. The summed E-state index contributed by atoms with van der Waals surface area (Å²) in [6.45, 7) is 4.27. The second kappa shape index (κ2) is 7.58. The predicted molar refractivity (Wildman–Crippen MR) is 82.7 cm³/mol. The molecule has 19 heavy (non-hydrogen) atoms. The first kappa shape index (κ1) is 16.1. The number of carbonyl (C=O) groups is 1. The summed E-state index contributed by atoms with van der Waals surface area (Å²) in [7, 11) is 2.14. The van der Waals surface area contributed by atoms with E-state index in [0.29, 0.717) is 0 Å². The van der Waals surface area contributed by atoms with Crippen LogP contribution in [0.15, 0.2) is 24.3 Å². The van der Waals surface area contributed by atoms with Crippen LogP contribution in [0.3, 0.4) is 0 Å². The molecule has 1 aliphatic heterocycles. The molecule has 0 atom stereocenters. The first-order valence-corrected chi connectivity index (χ1v) is 6.62. The van der Waals surface area contributed by atoms with Gasteiger partial charge in [-0.2, -0.15) is 0 Å². The molecule has 0 spiro atoms. The van der Waals surface area contributed by atoms with Gasteiger partial charge < -0.3 is 15.1 Å². The van der Waals surface area contributed by atoms with Gasteiger partial charge in [0.1, 0.15) is 5.88 Å². The van der Waals surface area contributed by atoms with Crippen molar-refractivity contribution in [3.05, 3.63) is 24.3 Å². The van der Waals surface area contributed by atoms with E-state index in [0.717, 1.165) is 31.9 Å². The fraction of sp³-hybridized carbons (Fsp3) is 0.462. The highest BCUT2D eigenvalue weighted by Gasteiger charge is 2.13. The smallest absolute Gasteiger partial charge is 0.239 e. The summed E-state index contributed by atoms with van der Waals surface area (Å²) in [6.07, 6.45) is 0. The maximum atomic E-state index is 11.1. The van der Waals surface area contributed by atoms with Crippen LogP contribution in [0.2, 0.25) is 0 Å². The van der Waals surface area contributed by atoms with Crippen molar-refractivity contribution in [3.8, 4) is 0 Å². The molecule has 1 aliphatic rings. The van der Waals surface area contributed by atoms with Crippen LogP contribution in [0.1, 0.15) is 0 Å². The first-order valence-electron chi connectivity index (χ1n) is 6.08. The highest BCUT2D eigenvalue weighted by atomic mass is 35.5. The Balaban J connectivity index is 0.00000180. The van der Waals surface area contributed by atoms with Crippen LogP contribution < -0.4 is 10.2 Å². The third kappa shape index (κ3) is 4.56. The Morgan fingerprint density at radius 2 is 1.79 bits per heavy atom. The molecule has 0 bridgehead atoms. The first-order chi connectivity index (χ1) is 8.69. The van der Waals surface area contributed by atoms with Gasteiger partial charge >= 0.3 is 0 Å². The number of carbonyl (C=O) groups excluding carboxylic acids is 1. The fourth-order valence-electron chi connectivity index (χ4n) is 2.01. The molecule has 0 saturated carbocycles. The molecule has 0 radical (unpaired) electrons. The highest BCUT2D eigenvalue weighted by molar-refractivity contribution is 6.29. The minimum absolute atomic E-state index is 0. The zero-order valence-corrected chi connectivity index (χ0v) is 12.5. The van der Waals surface area contributed by atoms with Gasteiger partial charge in [0.05, 0.1) is 0 Å². The lowest BCUT2D eigenvalue weighted by Gasteiger charge is -2.34. The van der Waals surface area contributed by atoms with E-state index in [4.69, 9.17) is 11.6 Å². The van der Waals surface area contributed by atoms with Gasteiger partial charge in [0.25, 0.3) is 0 Å². The third-order valence-corrected chi connectivity index (χ3v) is 3.38. The van der Waals surface area contributed by atoms with E-state index in [9.17, 15) is 4.79 Å². The van der Waals surface area contributed by atoms with Gasteiger partial charge in [0, 0.05) is 37.6 Å². The topological polar surface area (TPSA) is 35.6 Å². The Morgan fingerprint density at radius 1 is 1.21 bits per heavy atom. The van der Waals surface area contributed by atoms with E-state index >= 15 is 0 Å². The monoisotopic (exact) mass is 303 g/mol. The maximum absolute atomic E-state index is 11.1. The van der Waals surface area contributed by atoms with Crippen LogP contribution >= 0.6 is 24.0 Å². The van der Waals surface area contributed by atoms with Crippen molar-refractivity contribution >= 4 is 41.3 Å². The molecule has 1 heterocycles. The molecule has 0 unspecified atom stereocenters. The molecule has 0 aliphatic carbocycles. The van der Waals surface area contributed by atoms with Gasteiger partial charge in [-0.3, -0.25) is 4.79 Å². The molecule has 1 amide bonds. The van der Waals surface area contributed by atoms with Crippen molar-refractivity contribution < 1.29 is 4.79 Å². The predicted octanol–water partition coefficient (Wildman–Crippen LogP) is 2.04. The van der Waals surface area contributed by atoms with Crippen molar-refractivity contribution in [1.29, 1.82) is 0 Å². The summed E-state index contributed by atoms with van der Waals surface area (Å²) in [5.41, 5.74) is 1.99. The number of nitrogens with zero attached hydrogens (tertiary/aromatic N) is 2. The summed E-state index contributed by atoms with van der Waals surface area (Å²) in [6, 6.07) is 7.90. The number of halogens is 2. The average molecular weight is 304 g/mol. The maximum Gasteiger partial charge on any atom is 0.239 e. The Labute approximate surface area is 125 Å². The van der Waals surface area contributed by atoms with E-state index < -0.39 is 0 Å². The SMILES string of the molecule is CN1CCN(c2ccc(NC(=O)CCl)cc2)CC1.Cl. The normalized spacial score (nSPS) is 15.8. The second-order valence-corrected chi connectivity index (χ2v) is 4.79. The molecule has 6 heteroatoms. The summed E-state index contributed by atoms with van der Waals surface area (Å²) >= 11 is 5.44. The average Bonchev–Trinajstić information content (AvgIpc) is 2.40. The molecule has 4 nitrogen and oxygen atoms in total. The van der Waals surface area contributed by atoms with E-state index in [1.165, 1.54) is 5.69 Å². The van der Waals surface area contributed by atoms with Gasteiger partial charge in [0.2, 0.25) is 5.91 Å². The largest absolute Gasteiger partial charge is 0.369 e. The van der Waals surface area contributed by atoms with Crippen LogP contribution in [0.5, 0.6) is 0 Å². The number of piperazine rings is 1. The zero-order chi connectivity index (χ0) is 13.0. The van der Waals surface area contributed by atoms with Crippen LogP contribution in [0.4, 0.5) is 11.4 Å². The summed E-state index contributed by atoms with van der Waals surface area (Å²) in [5, 5.41) is 2.73. The van der Waals surface area contributed by atoms with Gasteiger partial charge in [-0.05, 0) is 31.3 Å². The van der Waals surface area contributed by atoms with Crippen LogP contribution in [0.25, 0.3) is 0 Å². The Hall–Kier alpha value is -0.970. The number of nitrogens with one attached hydrogen (secondary N) is 1. The van der Waals surface area contributed by atoms with Crippen LogP contribution in [-0.2, 0) is 4.79 Å². The number of hydrogen-bond donors (Lipinski definition) is 1. The molecule has 0 aromatic heterocycles. The second-order valence-electron chi connectivity index (χ2n) is 4.52. The summed E-state index contributed by atoms with van der Waals surface area (Å²) in [5.74, 6) is -0.191. The Kier molecular flexibility index (Phi) is 6.42. The number of alkyl halides is 1. The molecule has 1 aromatic carbocycles. The van der Waals surface area contributed by atoms with Gasteiger partial charge in [-0.1, -0.05) is 0 Å². The highest BCUT2D eigenvalue weighted by Crippen LogP contribution is 2.19. The lowest BCUT2D eigenvalue weighted by Crippen LogP contribution is -2.44. The van der Waals surface area contributed by atoms with Gasteiger partial charge in [-0.25, -0.2) is 0 Å². The Bertz CT molecular complexity index is 403. The fourth-order valence-corrected chi connectivity index (χ4v) is 2.08. The molecule has 1 aromatic rings. The number of anilines is 2. The molecular weight excluding hydrogens is 285 g/mol. The molecule has 106 valence electrons. The van der Waals surface area contributed by atoms with E-state index in [1.54, 1.807) is 0 Å². The van der Waals surface area contributed by atoms with E-state index in [-0.39, 0.29) is 24.2 Å². The van der Waals surface area contributed by atoms with Gasteiger partial charge in [-0.15, -0.1) is 24.0 Å². The number of rotatable bonds is 3. The molecule has 1 saturated heterocycles. The molecule has 1 N–H and O–H groups in total. The van der Waals surface area contributed by atoms with Crippen molar-refractivity contribution in [2.24, 2.45) is 0 Å². The van der Waals surface area contributed by atoms with Crippen molar-refractivity contribution in [2.75, 3.05) is 49.3 Å². The van der Waals surface area contributed by atoms with Crippen LogP contribution in [-0.4, -0.2) is 49.9 Å². The summed E-state index contributed by atoms with van der Waals surface area (Å²) in [4.78, 5) is 15.8. The number of likely N-dealkylation sites (N-methyl/N-ethyl adjacent to an activating group) is 1. The van der Waals surface area contributed by atoms with Crippen LogP contribution in [0, 0.1) is 0 Å². The number of hydrogen-bond acceptors (Lipinski definition) is 3. The minimum Gasteiger partial charge on any atom is -0.369 e. The Morgan fingerprint density at radius 3 is 2.32 bits per heavy atom. The lowest BCUT2D eigenvalue weighted by molar-refractivity contribution is -0.113. The molecule has 1 fully saturated rings. The zero-order valence-electron chi connectivity index (χ0n) is 10.9. The van der Waals surface area contributed by atoms with Gasteiger partial charge in [0.15, 0.2) is 0 Å². The summed E-state index contributed by atoms with van der Waals surface area (Å²) < 4.78 is 0. The molecule has 2 rings (SSSR count). The van der Waals surface area contributed by atoms with Crippen molar-refractivity contribution in [1.82, 2.24) is 4.90 Å². The minimum atomic E-state index is -0.177. The lowest BCUT2D eigenvalue weighted by atomic mass is 10.2. The third-order valence-electron chi connectivity index (χ3n) is 3.14. The molecular formula is C13H19Cl2N3O. The number of amides is 1. The van der Waals surface area contributed by atoms with Crippen molar-refractivity contribution in [3.63, 3.8) is 0 Å². The van der Waals surface area contributed by atoms with E-state index in [2.05, 4.69) is 22.2 Å². The standard InChI is InChI=1S/C13H18ClN3O.ClH/c1-16-6-8-17(9-7-16)12-4-2-11(3-5-12)15-13(18)10-14;/h2-5H,6-10H2,1H3,(H,15,18);1H. The van der Waals surface area contributed by atoms with E-state index in [1.807, 2.05) is 24.3 Å². The van der Waals surface area contributed by atoms with Crippen molar-refractivity contribution in [2.45, 2.75) is 0 Å².